The van der Waals surface area contributed by atoms with E-state index in [1.165, 1.54) is 23.9 Å². The lowest BCUT2D eigenvalue weighted by Crippen LogP contribution is -2.65. The molecule has 0 bridgehead atoms. The largest absolute Gasteiger partial charge is 0.462 e. The van der Waals surface area contributed by atoms with Crippen LogP contribution in [0.5, 0.6) is 5.75 Å². The summed E-state index contributed by atoms with van der Waals surface area (Å²) in [7, 11) is 0. The Hall–Kier alpha value is -2.18. The molecular weight excluding hydrogens is 409 g/mol. The number of benzene rings is 1. The molecule has 0 spiro atoms. The lowest BCUT2D eigenvalue weighted by molar-refractivity contribution is -0.244. The minimum atomic E-state index is -1.58. The van der Waals surface area contributed by atoms with Crippen LogP contribution in [0.25, 0.3) is 11.0 Å². The predicted octanol–water partition coefficient (Wildman–Crippen LogP) is -0.213. The lowest BCUT2D eigenvalue weighted by Gasteiger charge is -2.42. The molecular formula is C18H20FNO8S. The molecule has 2 heterocycles. The fourth-order valence-corrected chi connectivity index (χ4v) is 3.65. The molecule has 5 atom stereocenters. The van der Waals surface area contributed by atoms with Gasteiger partial charge in [0.25, 0.3) is 5.91 Å². The minimum absolute atomic E-state index is 0.170. The number of rotatable bonds is 6. The molecule has 29 heavy (non-hydrogen) atoms. The van der Waals surface area contributed by atoms with Crippen molar-refractivity contribution in [2.45, 2.75) is 35.5 Å². The Morgan fingerprint density at radius 2 is 2.07 bits per heavy atom. The van der Waals surface area contributed by atoms with E-state index in [0.717, 1.165) is 0 Å². The van der Waals surface area contributed by atoms with Crippen molar-refractivity contribution in [1.82, 2.24) is 5.32 Å². The third kappa shape index (κ3) is 4.54. The number of aliphatic hydroxyl groups excluding tert-OH is 3. The summed E-state index contributed by atoms with van der Waals surface area (Å²) in [6.45, 7) is -1.96. The second-order valence-corrected chi connectivity index (χ2v) is 7.19. The van der Waals surface area contributed by atoms with E-state index >= 15 is 0 Å². The van der Waals surface area contributed by atoms with Gasteiger partial charge in [0.2, 0.25) is 6.29 Å². The van der Waals surface area contributed by atoms with Crippen LogP contribution in [0.3, 0.4) is 0 Å². The van der Waals surface area contributed by atoms with Gasteiger partial charge in [0, 0.05) is 22.4 Å². The second-order valence-electron chi connectivity index (χ2n) is 6.34. The number of hydrogen-bond donors (Lipinski definition) is 4. The van der Waals surface area contributed by atoms with E-state index in [2.05, 4.69) is 5.32 Å². The van der Waals surface area contributed by atoms with E-state index in [1.54, 1.807) is 12.1 Å². The average Bonchev–Trinajstić information content (AvgIpc) is 2.72. The van der Waals surface area contributed by atoms with Gasteiger partial charge in [-0.1, -0.05) is 0 Å². The summed E-state index contributed by atoms with van der Waals surface area (Å²) in [5, 5.41) is 32.5. The summed E-state index contributed by atoms with van der Waals surface area (Å²) in [5.41, 5.74) is -0.293. The fourth-order valence-electron chi connectivity index (χ4n) is 3.05. The number of carbonyl (C=O) groups excluding carboxylic acids is 1. The van der Waals surface area contributed by atoms with E-state index in [-0.39, 0.29) is 11.3 Å². The molecule has 1 aromatic heterocycles. The Bertz CT molecular complexity index is 938. The molecule has 1 fully saturated rings. The van der Waals surface area contributed by atoms with E-state index in [0.29, 0.717) is 10.3 Å². The third-order valence-corrected chi connectivity index (χ3v) is 5.26. The Balaban J connectivity index is 1.92. The highest BCUT2D eigenvalue weighted by atomic mass is 32.2. The molecule has 1 aliphatic rings. The number of thioether (sulfide) groups is 1. The first-order valence-electron chi connectivity index (χ1n) is 8.64. The van der Waals surface area contributed by atoms with Crippen molar-refractivity contribution in [3.63, 3.8) is 0 Å². The first-order valence-corrected chi connectivity index (χ1v) is 9.86. The lowest BCUT2D eigenvalue weighted by atomic mass is 9.97. The van der Waals surface area contributed by atoms with Crippen LogP contribution in [0.1, 0.15) is 0 Å². The zero-order valence-corrected chi connectivity index (χ0v) is 16.1. The highest BCUT2D eigenvalue weighted by molar-refractivity contribution is 7.98. The molecule has 0 radical (unpaired) electrons. The molecule has 0 aliphatic carbocycles. The number of amides is 1. The van der Waals surface area contributed by atoms with Crippen LogP contribution in [0.15, 0.2) is 38.4 Å². The molecule has 1 amide bonds. The van der Waals surface area contributed by atoms with Crippen LogP contribution >= 0.6 is 11.8 Å². The SMILES string of the molecule is CSc1cc(=O)oc2cc(O[C@@H]3O[C@H](CO)[C@@H](O)[C@H](O)[C@H]3NC(=O)CF)ccc12. The Morgan fingerprint density at radius 1 is 1.31 bits per heavy atom. The summed E-state index contributed by atoms with van der Waals surface area (Å²) in [6.07, 6.45) is -3.83. The molecule has 158 valence electrons. The number of fused-ring (bicyclic) bond motifs is 1. The van der Waals surface area contributed by atoms with Gasteiger partial charge >= 0.3 is 5.63 Å². The Labute approximate surface area is 168 Å². The summed E-state index contributed by atoms with van der Waals surface area (Å²) < 4.78 is 28.9. The maximum atomic E-state index is 12.6. The van der Waals surface area contributed by atoms with E-state index in [4.69, 9.17) is 13.9 Å². The summed E-state index contributed by atoms with van der Waals surface area (Å²) in [6, 6.07) is 4.71. The Morgan fingerprint density at radius 3 is 2.72 bits per heavy atom. The van der Waals surface area contributed by atoms with E-state index in [1.807, 2.05) is 6.26 Å². The van der Waals surface area contributed by atoms with Crippen LogP contribution in [0.2, 0.25) is 0 Å². The van der Waals surface area contributed by atoms with Crippen molar-refractivity contribution in [2.24, 2.45) is 0 Å². The molecule has 1 aliphatic heterocycles. The van der Waals surface area contributed by atoms with Crippen LogP contribution in [0, 0.1) is 0 Å². The number of alkyl halides is 1. The van der Waals surface area contributed by atoms with Gasteiger partial charge in [-0.3, -0.25) is 4.79 Å². The normalized spacial score (nSPS) is 27.0. The van der Waals surface area contributed by atoms with Gasteiger partial charge < -0.3 is 34.5 Å². The minimum Gasteiger partial charge on any atom is -0.462 e. The zero-order valence-electron chi connectivity index (χ0n) is 15.3. The summed E-state index contributed by atoms with van der Waals surface area (Å²) in [5.74, 6) is -0.862. The van der Waals surface area contributed by atoms with Crippen molar-refractivity contribution in [3.8, 4) is 5.75 Å². The van der Waals surface area contributed by atoms with Gasteiger partial charge in [0.05, 0.1) is 6.61 Å². The molecule has 0 saturated carbocycles. The van der Waals surface area contributed by atoms with Crippen LogP contribution in [-0.4, -0.2) is 71.4 Å². The smallest absolute Gasteiger partial charge is 0.337 e. The quantitative estimate of drug-likeness (QED) is 0.363. The molecule has 0 unspecified atom stereocenters. The van der Waals surface area contributed by atoms with Crippen LogP contribution < -0.4 is 15.7 Å². The third-order valence-electron chi connectivity index (χ3n) is 4.48. The van der Waals surface area contributed by atoms with E-state index in [9.17, 15) is 29.3 Å². The van der Waals surface area contributed by atoms with Crippen molar-refractivity contribution in [1.29, 1.82) is 0 Å². The summed E-state index contributed by atoms with van der Waals surface area (Å²) >= 11 is 1.37. The standard InChI is InChI=1S/C18H20FNO8S/c1-29-12-5-14(23)27-10-4-8(2-3-9(10)12)26-18-15(20-13(22)6-19)17(25)16(24)11(7-21)28-18/h2-5,11,15-18,21,24-25H,6-7H2,1H3,(H,20,22)/t11-,15-,16-,17-,18-/m1/s1. The van der Waals surface area contributed by atoms with Crippen LogP contribution in [-0.2, 0) is 9.53 Å². The zero-order chi connectivity index (χ0) is 21.1. The molecule has 4 N–H and O–H groups in total. The number of halogens is 1. The fraction of sp³-hybridized carbons (Fsp3) is 0.444. The highest BCUT2D eigenvalue weighted by Gasteiger charge is 2.46. The predicted molar refractivity (Wildman–Crippen MR) is 101 cm³/mol. The van der Waals surface area contributed by atoms with Crippen molar-refractivity contribution in [3.05, 3.63) is 34.7 Å². The molecule has 3 rings (SSSR count). The first kappa shape index (κ1) is 21.5. The van der Waals surface area contributed by atoms with Gasteiger partial charge in [-0.2, -0.15) is 0 Å². The molecule has 1 saturated heterocycles. The number of nitrogens with one attached hydrogen (secondary N) is 1. The van der Waals surface area contributed by atoms with Crippen LogP contribution in [0.4, 0.5) is 4.39 Å². The van der Waals surface area contributed by atoms with Crippen molar-refractivity contribution < 1.29 is 38.4 Å². The van der Waals surface area contributed by atoms with Gasteiger partial charge in [-0.05, 0) is 18.4 Å². The maximum absolute atomic E-state index is 12.6. The summed E-state index contributed by atoms with van der Waals surface area (Å²) in [4.78, 5) is 23.9. The first-order chi connectivity index (χ1) is 13.9. The number of aliphatic hydroxyl groups is 3. The number of carbonyl (C=O) groups is 1. The van der Waals surface area contributed by atoms with Crippen molar-refractivity contribution in [2.75, 3.05) is 19.5 Å². The van der Waals surface area contributed by atoms with Gasteiger partial charge in [0.1, 0.15) is 35.7 Å². The van der Waals surface area contributed by atoms with Gasteiger partial charge in [-0.25, -0.2) is 9.18 Å². The maximum Gasteiger partial charge on any atom is 0.337 e. The molecule has 2 aromatic rings. The van der Waals surface area contributed by atoms with Crippen molar-refractivity contribution >= 4 is 28.6 Å². The molecule has 1 aromatic carbocycles. The molecule has 9 nitrogen and oxygen atoms in total. The van der Waals surface area contributed by atoms with E-state index < -0.39 is 55.5 Å². The average molecular weight is 429 g/mol. The number of ether oxygens (including phenoxy) is 2. The topological polar surface area (TPSA) is 138 Å². The Kier molecular flexibility index (Phi) is 6.75. The van der Waals surface area contributed by atoms with Gasteiger partial charge in [-0.15, -0.1) is 11.8 Å². The van der Waals surface area contributed by atoms with Gasteiger partial charge in [0.15, 0.2) is 6.67 Å². The number of hydrogen-bond acceptors (Lipinski definition) is 9. The monoisotopic (exact) mass is 429 g/mol. The molecule has 11 heteroatoms. The second kappa shape index (κ2) is 9.09. The highest BCUT2D eigenvalue weighted by Crippen LogP contribution is 2.30.